The Hall–Kier alpha value is -3.81. The number of Topliss-reactive ketones (excluding diaryl/α,β-unsaturated/α-hetero) is 1. The zero-order chi connectivity index (χ0) is 28.2. The summed E-state index contributed by atoms with van der Waals surface area (Å²) in [5.41, 5.74) is -2.10. The number of carbonyl (C=O) groups excluding carboxylic acids is 3. The summed E-state index contributed by atoms with van der Waals surface area (Å²) in [5, 5.41) is 51.5. The molecule has 39 heavy (non-hydrogen) atoms. The fraction of sp³-hybridized carbons (Fsp3) is 0.370. The number of ether oxygens (including phenoxy) is 4. The average molecular weight is 545 g/mol. The normalized spacial score (nSPS) is 28.5. The summed E-state index contributed by atoms with van der Waals surface area (Å²) in [6.07, 6.45) is -5.05. The molecule has 208 valence electrons. The van der Waals surface area contributed by atoms with Gasteiger partial charge in [-0.2, -0.15) is 0 Å². The first-order valence-electron chi connectivity index (χ1n) is 12.1. The van der Waals surface area contributed by atoms with E-state index in [1.807, 2.05) is 0 Å². The van der Waals surface area contributed by atoms with Crippen LogP contribution in [0.1, 0.15) is 28.8 Å². The molecule has 1 aliphatic heterocycles. The molecule has 0 amide bonds. The number of aliphatic hydroxyl groups is 4. The van der Waals surface area contributed by atoms with Gasteiger partial charge < -0.3 is 44.5 Å². The Kier molecular flexibility index (Phi) is 8.63. The topological polar surface area (TPSA) is 189 Å². The lowest BCUT2D eigenvalue weighted by Crippen LogP contribution is -2.60. The van der Waals surface area contributed by atoms with Crippen LogP contribution in [0.3, 0.4) is 0 Å². The number of ketones is 1. The molecule has 1 aliphatic carbocycles. The second kappa shape index (κ2) is 11.9. The minimum atomic E-state index is -2.43. The largest absolute Gasteiger partial charge is 0.508 e. The highest BCUT2D eigenvalue weighted by Gasteiger charge is 2.46. The first-order valence-corrected chi connectivity index (χ1v) is 12.1. The molecule has 5 N–H and O–H groups in total. The molecule has 4 rings (SSSR count). The Labute approximate surface area is 222 Å². The lowest BCUT2D eigenvalue weighted by Gasteiger charge is -2.40. The summed E-state index contributed by atoms with van der Waals surface area (Å²) in [7, 11) is 0. The van der Waals surface area contributed by atoms with Gasteiger partial charge in [-0.15, -0.1) is 0 Å². The third-order valence-electron chi connectivity index (χ3n) is 6.34. The molecule has 0 saturated carbocycles. The van der Waals surface area contributed by atoms with Gasteiger partial charge in [-0.3, -0.25) is 4.79 Å². The number of carbonyl (C=O) groups is 3. The van der Waals surface area contributed by atoms with Gasteiger partial charge in [-0.05, 0) is 42.8 Å². The maximum atomic E-state index is 12.5. The van der Waals surface area contributed by atoms with Gasteiger partial charge in [0, 0.05) is 12.0 Å². The monoisotopic (exact) mass is 544 g/mol. The fourth-order valence-corrected chi connectivity index (χ4v) is 4.07. The number of esters is 2. The minimum Gasteiger partial charge on any atom is -0.508 e. The SMILES string of the molecule is O=C(OC[C@H]1O[C@@H](Oc2ccc(O)cc2COC(=O)[C@@]2(O)C=CCCC2=O)[C@H](O)[C@H](O)[C@@H]1O)c1ccccc1. The Bertz CT molecular complexity index is 1230. The maximum Gasteiger partial charge on any atom is 0.350 e. The molecule has 2 aromatic rings. The molecule has 6 atom stereocenters. The van der Waals surface area contributed by atoms with E-state index >= 15 is 0 Å². The highest BCUT2D eigenvalue weighted by molar-refractivity contribution is 6.09. The van der Waals surface area contributed by atoms with Gasteiger partial charge in [0.25, 0.3) is 0 Å². The van der Waals surface area contributed by atoms with E-state index < -0.39 is 67.2 Å². The molecule has 0 aromatic heterocycles. The van der Waals surface area contributed by atoms with Crippen LogP contribution >= 0.6 is 0 Å². The van der Waals surface area contributed by atoms with E-state index in [2.05, 4.69) is 0 Å². The molecule has 0 bridgehead atoms. The second-order valence-electron chi connectivity index (χ2n) is 9.10. The van der Waals surface area contributed by atoms with Crippen LogP contribution in [0.15, 0.2) is 60.7 Å². The number of allylic oxidation sites excluding steroid dienone is 1. The molecule has 12 heteroatoms. The summed E-state index contributed by atoms with van der Waals surface area (Å²) in [5.74, 6) is -2.91. The molecule has 0 spiro atoms. The third-order valence-corrected chi connectivity index (χ3v) is 6.34. The van der Waals surface area contributed by atoms with Gasteiger partial charge in [-0.1, -0.05) is 24.3 Å². The van der Waals surface area contributed by atoms with Crippen LogP contribution in [0, 0.1) is 0 Å². The molecule has 2 aromatic carbocycles. The van der Waals surface area contributed by atoms with Gasteiger partial charge >= 0.3 is 11.9 Å². The van der Waals surface area contributed by atoms with Crippen LogP contribution in [0.2, 0.25) is 0 Å². The van der Waals surface area contributed by atoms with Gasteiger partial charge in [-0.25, -0.2) is 9.59 Å². The Morgan fingerprint density at radius 1 is 1.00 bits per heavy atom. The molecule has 1 saturated heterocycles. The molecule has 12 nitrogen and oxygen atoms in total. The predicted octanol–water partition coefficient (Wildman–Crippen LogP) is 0.129. The number of phenolic OH excluding ortho intramolecular Hbond substituents is 1. The molecule has 0 unspecified atom stereocenters. The first-order chi connectivity index (χ1) is 18.6. The van der Waals surface area contributed by atoms with Crippen LogP contribution in [-0.4, -0.2) is 86.2 Å². The van der Waals surface area contributed by atoms with Crippen molar-refractivity contribution in [2.45, 2.75) is 55.8 Å². The van der Waals surface area contributed by atoms with E-state index in [1.165, 1.54) is 36.4 Å². The number of hydrogen-bond donors (Lipinski definition) is 5. The van der Waals surface area contributed by atoms with Crippen LogP contribution in [0.4, 0.5) is 0 Å². The average Bonchev–Trinajstić information content (AvgIpc) is 2.94. The summed E-state index contributed by atoms with van der Waals surface area (Å²) in [4.78, 5) is 36.8. The molecule has 1 heterocycles. The Morgan fingerprint density at radius 2 is 1.74 bits per heavy atom. The van der Waals surface area contributed by atoms with E-state index in [0.29, 0.717) is 6.42 Å². The van der Waals surface area contributed by atoms with E-state index in [9.17, 15) is 39.9 Å². The van der Waals surface area contributed by atoms with Crippen LogP contribution in [0.25, 0.3) is 0 Å². The first kappa shape index (κ1) is 28.2. The number of phenols is 1. The minimum absolute atomic E-state index is 0.0322. The van der Waals surface area contributed by atoms with Crippen molar-refractivity contribution in [1.29, 1.82) is 0 Å². The van der Waals surface area contributed by atoms with Crippen LogP contribution in [-0.2, 0) is 30.4 Å². The smallest absolute Gasteiger partial charge is 0.350 e. The van der Waals surface area contributed by atoms with E-state index in [1.54, 1.807) is 18.2 Å². The standard InChI is InChI=1S/C27H28O12/c28-17-9-10-18(16(12-17)13-37-26(34)27(35)11-5-4-8-20(27)29)38-25-23(32)22(31)21(30)19(39-25)14-36-24(33)15-6-2-1-3-7-15/h1-3,5-7,9-12,19,21-23,25,28,30-32,35H,4,8,13-14H2/t19-,21-,22-,23-,25-,27-/m1/s1. The summed E-state index contributed by atoms with van der Waals surface area (Å²) in [6.45, 7) is -1.02. The highest BCUT2D eigenvalue weighted by Crippen LogP contribution is 2.30. The predicted molar refractivity (Wildman–Crippen MR) is 130 cm³/mol. The van der Waals surface area contributed by atoms with Crippen LogP contribution in [0.5, 0.6) is 11.5 Å². The molecule has 2 aliphatic rings. The second-order valence-corrected chi connectivity index (χ2v) is 9.10. The third kappa shape index (κ3) is 6.27. The Morgan fingerprint density at radius 3 is 2.46 bits per heavy atom. The molecular weight excluding hydrogens is 516 g/mol. The molecule has 1 fully saturated rings. The number of aromatic hydroxyl groups is 1. The maximum absolute atomic E-state index is 12.5. The van der Waals surface area contributed by atoms with Gasteiger partial charge in [0.05, 0.1) is 5.56 Å². The van der Waals surface area contributed by atoms with Crippen molar-refractivity contribution in [3.05, 3.63) is 71.8 Å². The molecular formula is C27H28O12. The van der Waals surface area contributed by atoms with E-state index in [4.69, 9.17) is 18.9 Å². The van der Waals surface area contributed by atoms with Gasteiger partial charge in [0.1, 0.15) is 49.1 Å². The summed E-state index contributed by atoms with van der Waals surface area (Å²) < 4.78 is 21.6. The zero-order valence-electron chi connectivity index (χ0n) is 20.6. The Balaban J connectivity index is 1.44. The van der Waals surface area contributed by atoms with Gasteiger partial charge in [0.2, 0.25) is 11.9 Å². The van der Waals surface area contributed by atoms with Crippen molar-refractivity contribution in [3.8, 4) is 11.5 Å². The van der Waals surface area contributed by atoms with E-state index in [0.717, 1.165) is 6.08 Å². The lowest BCUT2D eigenvalue weighted by molar-refractivity contribution is -0.277. The quantitative estimate of drug-likeness (QED) is 0.172. The number of benzene rings is 2. The zero-order valence-corrected chi connectivity index (χ0v) is 20.6. The number of aliphatic hydroxyl groups excluding tert-OH is 3. The van der Waals surface area contributed by atoms with Crippen molar-refractivity contribution in [2.24, 2.45) is 0 Å². The van der Waals surface area contributed by atoms with Crippen molar-refractivity contribution >= 4 is 17.7 Å². The van der Waals surface area contributed by atoms with Gasteiger partial charge in [0.15, 0.2) is 5.78 Å². The van der Waals surface area contributed by atoms with Crippen molar-refractivity contribution in [1.82, 2.24) is 0 Å². The van der Waals surface area contributed by atoms with Crippen LogP contribution < -0.4 is 4.74 Å². The lowest BCUT2D eigenvalue weighted by atomic mass is 9.90. The van der Waals surface area contributed by atoms with Crippen molar-refractivity contribution < 1.29 is 58.9 Å². The highest BCUT2D eigenvalue weighted by atomic mass is 16.7. The summed E-state index contributed by atoms with van der Waals surface area (Å²) in [6, 6.07) is 11.8. The van der Waals surface area contributed by atoms with Crippen molar-refractivity contribution in [2.75, 3.05) is 6.61 Å². The fourth-order valence-electron chi connectivity index (χ4n) is 4.07. The number of rotatable bonds is 8. The van der Waals surface area contributed by atoms with Crippen molar-refractivity contribution in [3.63, 3.8) is 0 Å². The number of hydrogen-bond acceptors (Lipinski definition) is 12. The summed E-state index contributed by atoms with van der Waals surface area (Å²) >= 11 is 0. The molecule has 0 radical (unpaired) electrons. The van der Waals surface area contributed by atoms with E-state index in [-0.39, 0.29) is 29.0 Å².